The van der Waals surface area contributed by atoms with Crippen LogP contribution < -0.4 is 0 Å². The molecule has 1 radical (unpaired) electrons. The molecule has 55 valence electrons. The third-order valence-electron chi connectivity index (χ3n) is 1.04. The average molecular weight is 130 g/mol. The zero-order valence-electron chi connectivity index (χ0n) is 6.39. The van der Waals surface area contributed by atoms with Crippen molar-refractivity contribution < 1.29 is 4.74 Å². The lowest BCUT2D eigenvalue weighted by Crippen LogP contribution is -2.14. The molecule has 0 aromatic rings. The van der Waals surface area contributed by atoms with Gasteiger partial charge in [0, 0.05) is 13.2 Å². The molecule has 0 aliphatic heterocycles. The Morgan fingerprint density at radius 1 is 1.44 bits per heavy atom. The molecule has 0 aromatic carbocycles. The predicted octanol–water partition coefficient (Wildman–Crippen LogP) is 0.789. The van der Waals surface area contributed by atoms with E-state index in [9.17, 15) is 0 Å². The van der Waals surface area contributed by atoms with Crippen LogP contribution in [0.25, 0.3) is 0 Å². The highest BCUT2D eigenvalue weighted by atomic mass is 16.5. The second kappa shape index (κ2) is 6.05. The van der Waals surface area contributed by atoms with Crippen LogP contribution in [-0.2, 0) is 4.74 Å². The standard InChI is InChI=1S/C7H16NO/c1-4-9-7-5-6-8(2)3/h1,4-7H2,2-3H3. The lowest BCUT2D eigenvalue weighted by atomic mass is 10.4. The smallest absolute Gasteiger partial charge is 0.0478 e. The number of hydrogen-bond donors (Lipinski definition) is 0. The molecule has 0 bridgehead atoms. The van der Waals surface area contributed by atoms with E-state index in [4.69, 9.17) is 4.74 Å². The van der Waals surface area contributed by atoms with Crippen LogP contribution in [0.1, 0.15) is 6.42 Å². The monoisotopic (exact) mass is 130 g/mol. The molecule has 0 spiro atoms. The fourth-order valence-electron chi connectivity index (χ4n) is 0.585. The van der Waals surface area contributed by atoms with Gasteiger partial charge in [-0.15, -0.1) is 0 Å². The fraction of sp³-hybridized carbons (Fsp3) is 0.857. The first-order valence-electron chi connectivity index (χ1n) is 3.29. The minimum atomic E-state index is 0.591. The Kier molecular flexibility index (Phi) is 5.99. The van der Waals surface area contributed by atoms with Crippen molar-refractivity contribution >= 4 is 0 Å². The van der Waals surface area contributed by atoms with E-state index in [1.807, 2.05) is 0 Å². The van der Waals surface area contributed by atoms with Crippen LogP contribution in [0.5, 0.6) is 0 Å². The molecule has 0 unspecified atom stereocenters. The maximum absolute atomic E-state index is 5.05. The van der Waals surface area contributed by atoms with Gasteiger partial charge in [-0.3, -0.25) is 0 Å². The molecule has 0 saturated carbocycles. The van der Waals surface area contributed by atoms with E-state index in [0.717, 1.165) is 19.6 Å². The second-order valence-electron chi connectivity index (χ2n) is 2.27. The summed E-state index contributed by atoms with van der Waals surface area (Å²) in [5.41, 5.74) is 0. The SMILES string of the molecule is [CH2]COCCCN(C)C. The second-order valence-corrected chi connectivity index (χ2v) is 2.27. The Morgan fingerprint density at radius 2 is 2.11 bits per heavy atom. The van der Waals surface area contributed by atoms with Gasteiger partial charge < -0.3 is 9.64 Å². The van der Waals surface area contributed by atoms with Gasteiger partial charge in [0.15, 0.2) is 0 Å². The van der Waals surface area contributed by atoms with Crippen LogP contribution >= 0.6 is 0 Å². The summed E-state index contributed by atoms with van der Waals surface area (Å²) in [6.45, 7) is 6.09. The maximum atomic E-state index is 5.05. The molecule has 0 N–H and O–H groups in total. The van der Waals surface area contributed by atoms with Crippen LogP contribution in [0, 0.1) is 6.92 Å². The highest BCUT2D eigenvalue weighted by Gasteiger charge is 1.88. The maximum Gasteiger partial charge on any atom is 0.0478 e. The molecule has 0 amide bonds. The van der Waals surface area contributed by atoms with E-state index in [0.29, 0.717) is 6.61 Å². The first kappa shape index (κ1) is 8.92. The number of nitrogens with zero attached hydrogens (tertiary/aromatic N) is 1. The Morgan fingerprint density at radius 3 is 2.56 bits per heavy atom. The lowest BCUT2D eigenvalue weighted by molar-refractivity contribution is 0.150. The van der Waals surface area contributed by atoms with E-state index in [1.165, 1.54) is 0 Å². The van der Waals surface area contributed by atoms with Crippen molar-refractivity contribution in [2.24, 2.45) is 0 Å². The summed E-state index contributed by atoms with van der Waals surface area (Å²) in [6, 6.07) is 0. The van der Waals surface area contributed by atoms with Gasteiger partial charge in [-0.05, 0) is 34.0 Å². The molecule has 0 aliphatic carbocycles. The molecular weight excluding hydrogens is 114 g/mol. The van der Waals surface area contributed by atoms with E-state index in [2.05, 4.69) is 25.9 Å². The fourth-order valence-corrected chi connectivity index (χ4v) is 0.585. The molecule has 0 fully saturated rings. The first-order valence-corrected chi connectivity index (χ1v) is 3.29. The van der Waals surface area contributed by atoms with Gasteiger partial charge >= 0.3 is 0 Å². The minimum absolute atomic E-state index is 0.591. The van der Waals surface area contributed by atoms with Crippen LogP contribution in [0.15, 0.2) is 0 Å². The summed E-state index contributed by atoms with van der Waals surface area (Å²) in [7, 11) is 4.12. The molecule has 9 heavy (non-hydrogen) atoms. The van der Waals surface area contributed by atoms with Crippen molar-refractivity contribution in [3.63, 3.8) is 0 Å². The molecule has 0 aromatic heterocycles. The highest BCUT2D eigenvalue weighted by molar-refractivity contribution is 4.42. The molecule has 0 atom stereocenters. The van der Waals surface area contributed by atoms with Gasteiger partial charge in [-0.25, -0.2) is 0 Å². The van der Waals surface area contributed by atoms with Crippen molar-refractivity contribution in [2.45, 2.75) is 6.42 Å². The van der Waals surface area contributed by atoms with E-state index < -0.39 is 0 Å². The summed E-state index contributed by atoms with van der Waals surface area (Å²) in [4.78, 5) is 2.15. The van der Waals surface area contributed by atoms with Gasteiger partial charge in [0.2, 0.25) is 0 Å². The summed E-state index contributed by atoms with van der Waals surface area (Å²) < 4.78 is 5.05. The Bertz CT molecular complexity index is 54.9. The molecule has 0 aliphatic rings. The first-order chi connectivity index (χ1) is 4.27. The van der Waals surface area contributed by atoms with E-state index in [1.54, 1.807) is 0 Å². The Hall–Kier alpha value is -0.0800. The third-order valence-corrected chi connectivity index (χ3v) is 1.04. The molecule has 2 nitrogen and oxygen atoms in total. The zero-order chi connectivity index (χ0) is 7.11. The summed E-state index contributed by atoms with van der Waals surface area (Å²) in [5, 5.41) is 0. The molecule has 0 rings (SSSR count). The largest absolute Gasteiger partial charge is 0.381 e. The van der Waals surface area contributed by atoms with Crippen LogP contribution in [0.3, 0.4) is 0 Å². The number of hydrogen-bond acceptors (Lipinski definition) is 2. The summed E-state index contributed by atoms with van der Waals surface area (Å²) in [5.74, 6) is 0. The van der Waals surface area contributed by atoms with Gasteiger partial charge in [0.05, 0.1) is 0 Å². The molecule has 0 saturated heterocycles. The van der Waals surface area contributed by atoms with Crippen LogP contribution in [0.2, 0.25) is 0 Å². The van der Waals surface area contributed by atoms with Gasteiger partial charge in [0.1, 0.15) is 0 Å². The van der Waals surface area contributed by atoms with Gasteiger partial charge in [0.25, 0.3) is 0 Å². The predicted molar refractivity (Wildman–Crippen MR) is 39.3 cm³/mol. The topological polar surface area (TPSA) is 12.5 Å². The number of ether oxygens (including phenoxy) is 1. The van der Waals surface area contributed by atoms with Gasteiger partial charge in [-0.2, -0.15) is 0 Å². The van der Waals surface area contributed by atoms with Crippen molar-refractivity contribution in [2.75, 3.05) is 33.9 Å². The zero-order valence-corrected chi connectivity index (χ0v) is 6.39. The third kappa shape index (κ3) is 7.92. The average Bonchev–Trinajstić information content (AvgIpc) is 1.80. The molecule has 2 heteroatoms. The quantitative estimate of drug-likeness (QED) is 0.510. The van der Waals surface area contributed by atoms with Crippen molar-refractivity contribution in [3.05, 3.63) is 6.92 Å². The summed E-state index contributed by atoms with van der Waals surface area (Å²) in [6.07, 6.45) is 1.10. The highest BCUT2D eigenvalue weighted by Crippen LogP contribution is 1.83. The Labute approximate surface area is 57.8 Å². The summed E-state index contributed by atoms with van der Waals surface area (Å²) >= 11 is 0. The van der Waals surface area contributed by atoms with E-state index >= 15 is 0 Å². The normalized spacial score (nSPS) is 10.7. The van der Waals surface area contributed by atoms with Gasteiger partial charge in [-0.1, -0.05) is 0 Å². The van der Waals surface area contributed by atoms with Crippen molar-refractivity contribution in [1.82, 2.24) is 4.90 Å². The Balaban J connectivity index is 2.75. The van der Waals surface area contributed by atoms with Crippen LogP contribution in [-0.4, -0.2) is 38.8 Å². The molecule has 0 heterocycles. The van der Waals surface area contributed by atoms with Crippen LogP contribution in [0.4, 0.5) is 0 Å². The van der Waals surface area contributed by atoms with Crippen molar-refractivity contribution in [3.8, 4) is 0 Å². The number of rotatable bonds is 5. The molecular formula is C7H16NO. The van der Waals surface area contributed by atoms with E-state index in [-0.39, 0.29) is 0 Å². The lowest BCUT2D eigenvalue weighted by Gasteiger charge is -2.07. The van der Waals surface area contributed by atoms with Crippen molar-refractivity contribution in [1.29, 1.82) is 0 Å². The minimum Gasteiger partial charge on any atom is -0.381 e.